The van der Waals surface area contributed by atoms with Gasteiger partial charge in [-0.2, -0.15) is 0 Å². The van der Waals surface area contributed by atoms with Crippen LogP contribution >= 0.6 is 0 Å². The molecule has 0 aliphatic carbocycles. The molecule has 29 heavy (non-hydrogen) atoms. The van der Waals surface area contributed by atoms with Crippen LogP contribution in [0.2, 0.25) is 0 Å². The highest BCUT2D eigenvalue weighted by atomic mass is 16.5. The second-order valence-corrected chi connectivity index (χ2v) is 8.69. The number of hydrogen-bond acceptors (Lipinski definition) is 2. The average molecular weight is 415 g/mol. The lowest BCUT2D eigenvalue weighted by Crippen LogP contribution is -2.05. The van der Waals surface area contributed by atoms with Crippen LogP contribution in [0.3, 0.4) is 0 Å². The Kier molecular flexibility index (Phi) is 29.0. The van der Waals surface area contributed by atoms with Crippen LogP contribution in [0.4, 0.5) is 0 Å². The summed E-state index contributed by atoms with van der Waals surface area (Å²) >= 11 is 0. The Morgan fingerprint density at radius 3 is 1.17 bits per heavy atom. The quantitative estimate of drug-likeness (QED) is 0.125. The van der Waals surface area contributed by atoms with Crippen molar-refractivity contribution in [3.63, 3.8) is 0 Å². The van der Waals surface area contributed by atoms with Gasteiger partial charge in [-0.25, -0.2) is 0 Å². The van der Waals surface area contributed by atoms with E-state index in [-0.39, 0.29) is 11.4 Å². The Labute approximate surface area is 183 Å². The van der Waals surface area contributed by atoms with E-state index in [1.54, 1.807) is 0 Å². The van der Waals surface area contributed by atoms with Crippen molar-refractivity contribution >= 4 is 5.97 Å². The van der Waals surface area contributed by atoms with Gasteiger partial charge in [0.05, 0.1) is 6.61 Å². The van der Waals surface area contributed by atoms with Gasteiger partial charge in [0.25, 0.3) is 0 Å². The molecule has 0 aliphatic rings. The van der Waals surface area contributed by atoms with Crippen molar-refractivity contribution in [1.82, 2.24) is 0 Å². The third-order valence-corrected chi connectivity index (χ3v) is 5.75. The Morgan fingerprint density at radius 2 is 0.793 bits per heavy atom. The van der Waals surface area contributed by atoms with Crippen LogP contribution in [0.5, 0.6) is 0 Å². The number of carbonyl (C=O) groups excluding carboxylic acids is 1. The lowest BCUT2D eigenvalue weighted by Gasteiger charge is -2.05. The van der Waals surface area contributed by atoms with Crippen molar-refractivity contribution in [1.29, 1.82) is 0 Å². The third kappa shape index (κ3) is 27.4. The van der Waals surface area contributed by atoms with Crippen molar-refractivity contribution in [3.8, 4) is 0 Å². The van der Waals surface area contributed by atoms with Gasteiger partial charge in [0.1, 0.15) is 0 Å². The highest BCUT2D eigenvalue weighted by molar-refractivity contribution is 5.69. The van der Waals surface area contributed by atoms with Gasteiger partial charge in [0, 0.05) is 6.42 Å². The minimum atomic E-state index is 0. The first kappa shape index (κ1) is 30.6. The molecule has 2 N–H and O–H groups in total. The molecule has 0 heterocycles. The Balaban J connectivity index is 0. The van der Waals surface area contributed by atoms with Gasteiger partial charge < -0.3 is 10.2 Å². The first-order valence-electron chi connectivity index (χ1n) is 13.0. The zero-order valence-corrected chi connectivity index (χ0v) is 20.1. The largest absolute Gasteiger partial charge is 0.466 e. The Bertz CT molecular complexity index is 304. The minimum absolute atomic E-state index is 0. The van der Waals surface area contributed by atoms with Crippen LogP contribution in [0.15, 0.2) is 0 Å². The molecule has 3 heteroatoms. The monoisotopic (exact) mass is 414 g/mol. The molecule has 0 rings (SSSR count). The van der Waals surface area contributed by atoms with E-state index in [0.717, 1.165) is 12.8 Å². The maximum Gasteiger partial charge on any atom is 0.305 e. The number of carbonyl (C=O) groups is 1. The minimum Gasteiger partial charge on any atom is -0.466 e. The fraction of sp³-hybridized carbons (Fsp3) is 0.962. The molecule has 0 unspecified atom stereocenters. The molecular formula is C26H54O3. The molecule has 0 saturated heterocycles. The fourth-order valence-corrected chi connectivity index (χ4v) is 3.78. The van der Waals surface area contributed by atoms with Crippen molar-refractivity contribution in [2.45, 2.75) is 155 Å². The number of ether oxygens (including phenoxy) is 1. The van der Waals surface area contributed by atoms with Crippen molar-refractivity contribution in [3.05, 3.63) is 0 Å². The van der Waals surface area contributed by atoms with Crippen LogP contribution in [0, 0.1) is 0 Å². The summed E-state index contributed by atoms with van der Waals surface area (Å²) in [5.41, 5.74) is 0. The fourth-order valence-electron chi connectivity index (χ4n) is 3.78. The number of rotatable bonds is 23. The zero-order valence-electron chi connectivity index (χ0n) is 20.1. The van der Waals surface area contributed by atoms with Gasteiger partial charge in [-0.1, -0.05) is 136 Å². The molecule has 0 aromatic rings. The van der Waals surface area contributed by atoms with E-state index in [4.69, 9.17) is 4.74 Å². The lowest BCUT2D eigenvalue weighted by atomic mass is 10.0. The topological polar surface area (TPSA) is 57.8 Å². The van der Waals surface area contributed by atoms with E-state index in [2.05, 4.69) is 13.8 Å². The second-order valence-electron chi connectivity index (χ2n) is 8.69. The van der Waals surface area contributed by atoms with Crippen LogP contribution in [0.25, 0.3) is 0 Å². The summed E-state index contributed by atoms with van der Waals surface area (Å²) in [6.07, 6.45) is 28.5. The molecule has 0 amide bonds. The van der Waals surface area contributed by atoms with Gasteiger partial charge in [-0.15, -0.1) is 0 Å². The van der Waals surface area contributed by atoms with Gasteiger partial charge in [0.2, 0.25) is 0 Å². The maximum absolute atomic E-state index is 11.7. The van der Waals surface area contributed by atoms with Gasteiger partial charge >= 0.3 is 5.97 Å². The lowest BCUT2D eigenvalue weighted by molar-refractivity contribution is -0.143. The van der Waals surface area contributed by atoms with Crippen LogP contribution in [-0.4, -0.2) is 18.1 Å². The van der Waals surface area contributed by atoms with Crippen LogP contribution < -0.4 is 0 Å². The van der Waals surface area contributed by atoms with E-state index in [9.17, 15) is 4.79 Å². The van der Waals surface area contributed by atoms with Crippen molar-refractivity contribution in [2.24, 2.45) is 0 Å². The molecule has 0 aliphatic heterocycles. The molecule has 3 nitrogen and oxygen atoms in total. The average Bonchev–Trinajstić information content (AvgIpc) is 2.70. The smallest absolute Gasteiger partial charge is 0.305 e. The molecule has 176 valence electrons. The summed E-state index contributed by atoms with van der Waals surface area (Å²) in [7, 11) is 0. The van der Waals surface area contributed by atoms with Crippen LogP contribution in [-0.2, 0) is 9.53 Å². The summed E-state index contributed by atoms with van der Waals surface area (Å²) < 4.78 is 5.33. The highest BCUT2D eigenvalue weighted by Gasteiger charge is 2.02. The van der Waals surface area contributed by atoms with Gasteiger partial charge in [0.15, 0.2) is 0 Å². The molecule has 0 atom stereocenters. The number of unbranched alkanes of at least 4 members (excludes halogenated alkanes) is 19. The summed E-state index contributed by atoms with van der Waals surface area (Å²) in [4.78, 5) is 11.7. The van der Waals surface area contributed by atoms with Gasteiger partial charge in [-0.3, -0.25) is 4.79 Å². The van der Waals surface area contributed by atoms with E-state index >= 15 is 0 Å². The summed E-state index contributed by atoms with van der Waals surface area (Å²) in [6, 6.07) is 0. The number of hydrogen-bond donors (Lipinski definition) is 0. The first-order chi connectivity index (χ1) is 13.8. The molecular weight excluding hydrogens is 360 g/mol. The normalized spacial score (nSPS) is 10.7. The van der Waals surface area contributed by atoms with Crippen molar-refractivity contribution in [2.75, 3.05) is 6.61 Å². The highest BCUT2D eigenvalue weighted by Crippen LogP contribution is 2.14. The number of esters is 1. The van der Waals surface area contributed by atoms with Crippen molar-refractivity contribution < 1.29 is 15.0 Å². The SMILES string of the molecule is CCCCCCCCCCCCCCCCCC(=O)OCCCCCCCC.O. The Hall–Kier alpha value is -0.570. The third-order valence-electron chi connectivity index (χ3n) is 5.75. The molecule has 0 aromatic carbocycles. The Morgan fingerprint density at radius 1 is 0.483 bits per heavy atom. The molecule has 0 spiro atoms. The predicted molar refractivity (Wildman–Crippen MR) is 127 cm³/mol. The second kappa shape index (κ2) is 27.4. The van der Waals surface area contributed by atoms with Gasteiger partial charge in [-0.05, 0) is 12.8 Å². The molecule has 0 aromatic heterocycles. The molecule has 0 saturated carbocycles. The maximum atomic E-state index is 11.7. The van der Waals surface area contributed by atoms with E-state index in [1.165, 1.54) is 122 Å². The van der Waals surface area contributed by atoms with Crippen LogP contribution in [0.1, 0.15) is 155 Å². The first-order valence-corrected chi connectivity index (χ1v) is 13.0. The zero-order chi connectivity index (χ0) is 20.5. The summed E-state index contributed by atoms with van der Waals surface area (Å²) in [5, 5.41) is 0. The van der Waals surface area contributed by atoms with E-state index < -0.39 is 0 Å². The molecule has 0 fully saturated rings. The molecule has 0 bridgehead atoms. The predicted octanol–water partition coefficient (Wildman–Crippen LogP) is 8.33. The summed E-state index contributed by atoms with van der Waals surface area (Å²) in [5.74, 6) is 0.0169. The standard InChI is InChI=1S/C26H52O2.H2O/c1-3-5-7-9-11-12-13-14-15-16-17-18-19-20-22-24-26(27)28-25-23-21-10-8-6-4-2;/h3-25H2,1-2H3;1H2. The van der Waals surface area contributed by atoms with E-state index in [0.29, 0.717) is 13.0 Å². The van der Waals surface area contributed by atoms with E-state index in [1.807, 2.05) is 0 Å². The summed E-state index contributed by atoms with van der Waals surface area (Å²) in [6.45, 7) is 5.15. The molecule has 0 radical (unpaired) electrons.